The molecule has 0 heterocycles. The third kappa shape index (κ3) is 2.93. The van der Waals surface area contributed by atoms with Gasteiger partial charge in [0, 0.05) is 11.5 Å². The summed E-state index contributed by atoms with van der Waals surface area (Å²) in [5.74, 6) is -0.349. The van der Waals surface area contributed by atoms with Crippen LogP contribution in [0, 0.1) is 0 Å². The van der Waals surface area contributed by atoms with Crippen LogP contribution in [-0.4, -0.2) is 10.9 Å². The summed E-state index contributed by atoms with van der Waals surface area (Å²) in [6.07, 6.45) is 4.33. The van der Waals surface area contributed by atoms with Crippen LogP contribution in [0.3, 0.4) is 0 Å². The van der Waals surface area contributed by atoms with Gasteiger partial charge in [-0.15, -0.1) is 0 Å². The quantitative estimate of drug-likeness (QED) is 0.701. The van der Waals surface area contributed by atoms with Gasteiger partial charge in [0.2, 0.25) is 0 Å². The van der Waals surface area contributed by atoms with Crippen molar-refractivity contribution in [2.75, 3.05) is 0 Å². The van der Waals surface area contributed by atoms with E-state index in [2.05, 4.69) is 58.9 Å². The van der Waals surface area contributed by atoms with Crippen LogP contribution in [0.15, 0.2) is 24.3 Å². The van der Waals surface area contributed by atoms with Gasteiger partial charge >= 0.3 is 0 Å². The zero-order valence-corrected chi connectivity index (χ0v) is 18.3. The molecule has 0 aromatic heterocycles. The van der Waals surface area contributed by atoms with E-state index in [1.165, 1.54) is 11.1 Å². The van der Waals surface area contributed by atoms with Gasteiger partial charge < -0.3 is 5.11 Å². The SMILES string of the molecule is CCc1cc(CC)c([C@@]2(O)C(=O)c3c(CC)cc(CC)cc3[C@@H]2C)c(CC)c1. The molecular formula is C26H34O2. The minimum atomic E-state index is -1.47. The van der Waals surface area contributed by atoms with Crippen LogP contribution in [0.4, 0.5) is 0 Å². The van der Waals surface area contributed by atoms with Crippen molar-refractivity contribution in [1.29, 1.82) is 0 Å². The normalized spacial score (nSPS) is 21.2. The van der Waals surface area contributed by atoms with Gasteiger partial charge in [0.25, 0.3) is 0 Å². The first kappa shape index (κ1) is 20.8. The Labute approximate surface area is 170 Å². The van der Waals surface area contributed by atoms with Crippen LogP contribution in [0.1, 0.15) is 96.8 Å². The second kappa shape index (κ2) is 7.83. The molecule has 0 spiro atoms. The number of carbonyl (C=O) groups excluding carboxylic acids is 1. The smallest absolute Gasteiger partial charge is 0.200 e. The Hall–Kier alpha value is -1.93. The Balaban J connectivity index is 2.30. The average Bonchev–Trinajstić information content (AvgIpc) is 2.93. The van der Waals surface area contributed by atoms with Gasteiger partial charge in [-0.3, -0.25) is 4.79 Å². The van der Waals surface area contributed by atoms with Gasteiger partial charge in [-0.05, 0) is 71.0 Å². The molecule has 0 saturated carbocycles. The van der Waals surface area contributed by atoms with Gasteiger partial charge in [0.1, 0.15) is 0 Å². The van der Waals surface area contributed by atoms with Crippen molar-refractivity contribution in [3.05, 3.63) is 68.8 Å². The van der Waals surface area contributed by atoms with E-state index >= 15 is 0 Å². The minimum absolute atomic E-state index is 0.108. The van der Waals surface area contributed by atoms with Crippen LogP contribution in [0.25, 0.3) is 0 Å². The molecule has 3 rings (SSSR count). The van der Waals surface area contributed by atoms with Gasteiger partial charge in [0.05, 0.1) is 0 Å². The van der Waals surface area contributed by atoms with Gasteiger partial charge in [0.15, 0.2) is 11.4 Å². The lowest BCUT2D eigenvalue weighted by Crippen LogP contribution is -2.37. The summed E-state index contributed by atoms with van der Waals surface area (Å²) in [5.41, 5.74) is 6.99. The number of hydrogen-bond acceptors (Lipinski definition) is 2. The molecule has 0 bridgehead atoms. The zero-order chi connectivity index (χ0) is 20.6. The maximum Gasteiger partial charge on any atom is 0.200 e. The van der Waals surface area contributed by atoms with Crippen molar-refractivity contribution in [1.82, 2.24) is 0 Å². The highest BCUT2D eigenvalue weighted by molar-refractivity contribution is 6.09. The zero-order valence-electron chi connectivity index (χ0n) is 18.3. The molecule has 1 aliphatic carbocycles. The number of ketones is 1. The maximum atomic E-state index is 13.7. The molecule has 0 radical (unpaired) electrons. The summed E-state index contributed by atoms with van der Waals surface area (Å²) >= 11 is 0. The largest absolute Gasteiger partial charge is 0.376 e. The Morgan fingerprint density at radius 2 is 1.25 bits per heavy atom. The van der Waals surface area contributed by atoms with Crippen molar-refractivity contribution in [2.24, 2.45) is 0 Å². The second-order valence-corrected chi connectivity index (χ2v) is 8.09. The highest BCUT2D eigenvalue weighted by atomic mass is 16.3. The number of rotatable bonds is 6. The van der Waals surface area contributed by atoms with E-state index in [-0.39, 0.29) is 11.7 Å². The summed E-state index contributed by atoms with van der Waals surface area (Å²) in [6, 6.07) is 8.67. The molecule has 150 valence electrons. The van der Waals surface area contributed by atoms with Crippen molar-refractivity contribution < 1.29 is 9.90 Å². The van der Waals surface area contributed by atoms with E-state index in [9.17, 15) is 9.90 Å². The van der Waals surface area contributed by atoms with Crippen LogP contribution >= 0.6 is 0 Å². The van der Waals surface area contributed by atoms with Crippen molar-refractivity contribution in [3.63, 3.8) is 0 Å². The molecule has 0 aliphatic heterocycles. The number of Topliss-reactive ketones (excluding diaryl/α,β-unsaturated/α-hetero) is 1. The van der Waals surface area contributed by atoms with Crippen molar-refractivity contribution in [2.45, 2.75) is 85.2 Å². The Morgan fingerprint density at radius 3 is 1.71 bits per heavy atom. The highest BCUT2D eigenvalue weighted by Crippen LogP contribution is 2.50. The average molecular weight is 379 g/mol. The summed E-state index contributed by atoms with van der Waals surface area (Å²) in [6.45, 7) is 12.6. The monoisotopic (exact) mass is 378 g/mol. The third-order valence-corrected chi connectivity index (χ3v) is 6.68. The molecule has 0 unspecified atom stereocenters. The number of carbonyl (C=O) groups is 1. The lowest BCUT2D eigenvalue weighted by Gasteiger charge is -2.32. The number of aliphatic hydroxyl groups is 1. The first-order chi connectivity index (χ1) is 13.4. The topological polar surface area (TPSA) is 37.3 Å². The van der Waals surface area contributed by atoms with Crippen LogP contribution in [0.2, 0.25) is 0 Å². The fourth-order valence-electron chi connectivity index (χ4n) is 4.93. The summed E-state index contributed by atoms with van der Waals surface area (Å²) in [5, 5.41) is 12.0. The molecule has 2 aromatic carbocycles. The Morgan fingerprint density at radius 1 is 0.786 bits per heavy atom. The number of hydrogen-bond donors (Lipinski definition) is 1. The first-order valence-electron chi connectivity index (χ1n) is 10.9. The molecule has 0 saturated heterocycles. The Bertz CT molecular complexity index is 884. The molecule has 2 aromatic rings. The third-order valence-electron chi connectivity index (χ3n) is 6.68. The van der Waals surface area contributed by atoms with E-state index in [0.29, 0.717) is 0 Å². The second-order valence-electron chi connectivity index (χ2n) is 8.09. The number of benzene rings is 2. The molecule has 28 heavy (non-hydrogen) atoms. The van der Waals surface area contributed by atoms with Gasteiger partial charge in [-0.25, -0.2) is 0 Å². The summed E-state index contributed by atoms with van der Waals surface area (Å²) in [4.78, 5) is 13.7. The summed E-state index contributed by atoms with van der Waals surface area (Å²) < 4.78 is 0. The van der Waals surface area contributed by atoms with E-state index in [0.717, 1.165) is 65.5 Å². The molecule has 2 heteroatoms. The van der Waals surface area contributed by atoms with E-state index in [1.54, 1.807) is 0 Å². The fraction of sp³-hybridized carbons (Fsp3) is 0.500. The van der Waals surface area contributed by atoms with Crippen molar-refractivity contribution in [3.8, 4) is 0 Å². The molecule has 1 aliphatic rings. The van der Waals surface area contributed by atoms with Crippen LogP contribution in [0.5, 0.6) is 0 Å². The molecule has 1 N–H and O–H groups in total. The predicted molar refractivity (Wildman–Crippen MR) is 116 cm³/mol. The molecular weight excluding hydrogens is 344 g/mol. The van der Waals surface area contributed by atoms with E-state index < -0.39 is 5.60 Å². The number of aryl methyl sites for hydroxylation is 5. The van der Waals surface area contributed by atoms with Crippen LogP contribution in [-0.2, 0) is 37.7 Å². The van der Waals surface area contributed by atoms with E-state index in [4.69, 9.17) is 0 Å². The maximum absolute atomic E-state index is 13.7. The molecule has 0 fully saturated rings. The predicted octanol–water partition coefficient (Wildman–Crippen LogP) is 5.69. The van der Waals surface area contributed by atoms with E-state index in [1.807, 2.05) is 6.92 Å². The first-order valence-corrected chi connectivity index (χ1v) is 10.9. The molecule has 2 nitrogen and oxygen atoms in total. The van der Waals surface area contributed by atoms with Crippen molar-refractivity contribution >= 4 is 5.78 Å². The summed E-state index contributed by atoms with van der Waals surface area (Å²) in [7, 11) is 0. The Kier molecular flexibility index (Phi) is 5.82. The fourth-order valence-corrected chi connectivity index (χ4v) is 4.93. The lowest BCUT2D eigenvalue weighted by molar-refractivity contribution is 0.0228. The highest BCUT2D eigenvalue weighted by Gasteiger charge is 2.53. The number of fused-ring (bicyclic) bond motifs is 1. The van der Waals surface area contributed by atoms with Crippen LogP contribution < -0.4 is 0 Å². The minimum Gasteiger partial charge on any atom is -0.376 e. The van der Waals surface area contributed by atoms with Gasteiger partial charge in [-0.2, -0.15) is 0 Å². The lowest BCUT2D eigenvalue weighted by atomic mass is 9.76. The molecule has 0 amide bonds. The molecule has 2 atom stereocenters. The standard InChI is InChI=1S/C26H34O2/c1-7-17-13-20(10-4)24(21(11-5)14-17)26(28)16(6)22-15-18(8-2)12-19(9-3)23(22)25(26)27/h12-16,28H,7-11H2,1-6H3/t16-,26+/m0/s1. The van der Waals surface area contributed by atoms with Gasteiger partial charge in [-0.1, -0.05) is 65.8 Å².